The first-order valence-corrected chi connectivity index (χ1v) is 4.48. The molecule has 0 bridgehead atoms. The molecule has 16 heavy (non-hydrogen) atoms. The summed E-state index contributed by atoms with van der Waals surface area (Å²) in [6.07, 6.45) is 0.921. The highest BCUT2D eigenvalue weighted by molar-refractivity contribution is 5.98. The molecule has 0 spiro atoms. The van der Waals surface area contributed by atoms with Gasteiger partial charge in [0.05, 0.1) is 11.8 Å². The molecule has 0 saturated carbocycles. The fraction of sp³-hybridized carbons (Fsp3) is 0.222. The van der Waals surface area contributed by atoms with Crippen molar-refractivity contribution in [3.05, 3.63) is 23.6 Å². The zero-order chi connectivity index (χ0) is 12.1. The Bertz CT molecular complexity index is 422. The molecule has 1 rings (SSSR count). The lowest BCUT2D eigenvalue weighted by molar-refractivity contribution is -0.117. The van der Waals surface area contributed by atoms with E-state index in [0.29, 0.717) is 0 Å². The number of rotatable bonds is 4. The minimum absolute atomic E-state index is 0.00832. The number of hydrogen-bond donors (Lipinski definition) is 3. The van der Waals surface area contributed by atoms with Crippen molar-refractivity contribution in [2.45, 2.75) is 6.42 Å². The number of aromatic nitrogens is 1. The third kappa shape index (κ3) is 3.19. The Hall–Kier alpha value is -2.18. The van der Waals surface area contributed by atoms with Gasteiger partial charge in [0.15, 0.2) is 0 Å². The second kappa shape index (κ2) is 5.06. The van der Waals surface area contributed by atoms with E-state index < -0.39 is 17.6 Å². The van der Waals surface area contributed by atoms with Crippen LogP contribution in [0.5, 0.6) is 0 Å². The molecule has 0 radical (unpaired) electrons. The van der Waals surface area contributed by atoms with Gasteiger partial charge in [0, 0.05) is 13.0 Å². The number of amides is 2. The number of nitrogens with one attached hydrogen (secondary N) is 1. The highest BCUT2D eigenvalue weighted by atomic mass is 19.1. The lowest BCUT2D eigenvalue weighted by atomic mass is 10.2. The number of primary amides is 1. The number of nitrogens with two attached hydrogens (primary N) is 2. The van der Waals surface area contributed by atoms with Crippen LogP contribution >= 0.6 is 0 Å². The second-order valence-corrected chi connectivity index (χ2v) is 3.06. The Kier molecular flexibility index (Phi) is 3.76. The fourth-order valence-corrected chi connectivity index (χ4v) is 1.03. The van der Waals surface area contributed by atoms with Crippen molar-refractivity contribution in [3.8, 4) is 0 Å². The topological polar surface area (TPSA) is 111 Å². The van der Waals surface area contributed by atoms with Gasteiger partial charge in [0.1, 0.15) is 11.6 Å². The Labute approximate surface area is 90.8 Å². The molecule has 1 heterocycles. The third-order valence-electron chi connectivity index (χ3n) is 1.79. The Morgan fingerprint density at radius 3 is 2.81 bits per heavy atom. The predicted octanol–water partition coefficient (Wildman–Crippen LogP) is -0.592. The van der Waals surface area contributed by atoms with Crippen molar-refractivity contribution in [2.75, 3.05) is 12.3 Å². The Balaban J connectivity index is 2.65. The molecule has 7 heteroatoms. The molecule has 6 nitrogen and oxygen atoms in total. The van der Waals surface area contributed by atoms with E-state index in [1.54, 1.807) is 0 Å². The first-order valence-electron chi connectivity index (χ1n) is 4.48. The van der Waals surface area contributed by atoms with Crippen molar-refractivity contribution in [1.29, 1.82) is 0 Å². The highest BCUT2D eigenvalue weighted by Gasteiger charge is 2.11. The van der Waals surface area contributed by atoms with Crippen molar-refractivity contribution < 1.29 is 14.0 Å². The summed E-state index contributed by atoms with van der Waals surface area (Å²) in [7, 11) is 0. The van der Waals surface area contributed by atoms with Gasteiger partial charge < -0.3 is 16.8 Å². The molecule has 86 valence electrons. The summed E-state index contributed by atoms with van der Waals surface area (Å²) in [4.78, 5) is 25.4. The molecule has 0 aromatic carbocycles. The average molecular weight is 226 g/mol. The molecule has 0 aliphatic heterocycles. The van der Waals surface area contributed by atoms with E-state index in [-0.39, 0.29) is 24.3 Å². The molecule has 0 unspecified atom stereocenters. The fourth-order valence-electron chi connectivity index (χ4n) is 1.03. The highest BCUT2D eigenvalue weighted by Crippen LogP contribution is 2.09. The van der Waals surface area contributed by atoms with E-state index in [4.69, 9.17) is 11.5 Å². The summed E-state index contributed by atoms with van der Waals surface area (Å²) in [6.45, 7) is 0.0735. The number of nitrogens with zero attached hydrogens (tertiary/aromatic N) is 1. The molecule has 0 atom stereocenters. The normalized spacial score (nSPS) is 9.81. The lowest BCUT2D eigenvalue weighted by Gasteiger charge is -2.05. The van der Waals surface area contributed by atoms with Gasteiger partial charge in [0.25, 0.3) is 5.91 Å². The largest absolute Gasteiger partial charge is 0.383 e. The van der Waals surface area contributed by atoms with Crippen molar-refractivity contribution >= 4 is 17.6 Å². The van der Waals surface area contributed by atoms with E-state index in [2.05, 4.69) is 10.3 Å². The van der Waals surface area contributed by atoms with Crippen LogP contribution in [0.15, 0.2) is 12.3 Å². The van der Waals surface area contributed by atoms with Gasteiger partial charge in [-0.2, -0.15) is 0 Å². The number of anilines is 1. The van der Waals surface area contributed by atoms with Gasteiger partial charge in [-0.1, -0.05) is 0 Å². The van der Waals surface area contributed by atoms with Gasteiger partial charge in [-0.3, -0.25) is 9.59 Å². The summed E-state index contributed by atoms with van der Waals surface area (Å²) < 4.78 is 12.8. The van der Waals surface area contributed by atoms with E-state index in [9.17, 15) is 14.0 Å². The summed E-state index contributed by atoms with van der Waals surface area (Å²) in [5.41, 5.74) is 10.2. The Morgan fingerprint density at radius 1 is 1.50 bits per heavy atom. The predicted molar refractivity (Wildman–Crippen MR) is 54.8 cm³/mol. The van der Waals surface area contributed by atoms with E-state index >= 15 is 0 Å². The summed E-state index contributed by atoms with van der Waals surface area (Å²) >= 11 is 0. The van der Waals surface area contributed by atoms with Crippen LogP contribution in [0, 0.1) is 5.82 Å². The zero-order valence-electron chi connectivity index (χ0n) is 8.37. The maximum atomic E-state index is 12.8. The van der Waals surface area contributed by atoms with Gasteiger partial charge in [-0.25, -0.2) is 9.37 Å². The quantitative estimate of drug-likeness (QED) is 0.637. The van der Waals surface area contributed by atoms with Crippen LogP contribution in [0.2, 0.25) is 0 Å². The molecular weight excluding hydrogens is 215 g/mol. The van der Waals surface area contributed by atoms with Crippen LogP contribution in [0.1, 0.15) is 16.8 Å². The molecular formula is C9H11FN4O2. The standard InChI is InChI=1S/C9H11FN4O2/c10-5-3-6(8(12)14-4-5)9(16)13-2-1-7(11)15/h3-4H,1-2H2,(H2,11,15)(H2,12,14)(H,13,16). The third-order valence-corrected chi connectivity index (χ3v) is 1.79. The number of pyridine rings is 1. The number of carbonyl (C=O) groups excluding carboxylic acids is 2. The molecule has 0 aliphatic rings. The summed E-state index contributed by atoms with van der Waals surface area (Å²) in [6, 6.07) is 0.974. The molecule has 1 aromatic heterocycles. The SMILES string of the molecule is NC(=O)CCNC(=O)c1cc(F)cnc1N. The van der Waals surface area contributed by atoms with Crippen LogP contribution < -0.4 is 16.8 Å². The van der Waals surface area contributed by atoms with E-state index in [1.165, 1.54) is 0 Å². The lowest BCUT2D eigenvalue weighted by Crippen LogP contribution is -2.28. The average Bonchev–Trinajstić information content (AvgIpc) is 2.21. The number of halogens is 1. The first-order chi connectivity index (χ1) is 7.50. The molecule has 1 aromatic rings. The molecule has 2 amide bonds. The maximum absolute atomic E-state index is 12.8. The summed E-state index contributed by atoms with van der Waals surface area (Å²) in [5.74, 6) is -1.86. The van der Waals surface area contributed by atoms with E-state index in [0.717, 1.165) is 12.3 Å². The number of carbonyl (C=O) groups is 2. The van der Waals surface area contributed by atoms with Gasteiger partial charge >= 0.3 is 0 Å². The molecule has 5 N–H and O–H groups in total. The van der Waals surface area contributed by atoms with Crippen LogP contribution in [0.25, 0.3) is 0 Å². The maximum Gasteiger partial charge on any atom is 0.255 e. The van der Waals surface area contributed by atoms with Crippen molar-refractivity contribution in [3.63, 3.8) is 0 Å². The number of hydrogen-bond acceptors (Lipinski definition) is 4. The molecule has 0 fully saturated rings. The van der Waals surface area contributed by atoms with Crippen LogP contribution in [-0.2, 0) is 4.79 Å². The van der Waals surface area contributed by atoms with Crippen LogP contribution in [-0.4, -0.2) is 23.3 Å². The first kappa shape index (κ1) is 11.9. The van der Waals surface area contributed by atoms with Gasteiger partial charge in [-0.05, 0) is 6.07 Å². The summed E-state index contributed by atoms with van der Waals surface area (Å²) in [5, 5.41) is 2.37. The van der Waals surface area contributed by atoms with Gasteiger partial charge in [-0.15, -0.1) is 0 Å². The molecule has 0 aliphatic carbocycles. The molecule has 0 saturated heterocycles. The monoisotopic (exact) mass is 226 g/mol. The smallest absolute Gasteiger partial charge is 0.255 e. The minimum atomic E-state index is -0.658. The Morgan fingerprint density at radius 2 is 2.19 bits per heavy atom. The number of nitrogen functional groups attached to an aromatic ring is 1. The van der Waals surface area contributed by atoms with Crippen molar-refractivity contribution in [1.82, 2.24) is 10.3 Å². The van der Waals surface area contributed by atoms with Gasteiger partial charge in [0.2, 0.25) is 5.91 Å². The van der Waals surface area contributed by atoms with Crippen LogP contribution in [0.3, 0.4) is 0 Å². The minimum Gasteiger partial charge on any atom is -0.383 e. The zero-order valence-corrected chi connectivity index (χ0v) is 8.37. The van der Waals surface area contributed by atoms with Crippen LogP contribution in [0.4, 0.5) is 10.2 Å². The second-order valence-electron chi connectivity index (χ2n) is 3.06. The van der Waals surface area contributed by atoms with Crippen molar-refractivity contribution in [2.24, 2.45) is 5.73 Å². The van der Waals surface area contributed by atoms with E-state index in [1.807, 2.05) is 0 Å².